The van der Waals surface area contributed by atoms with E-state index in [2.05, 4.69) is 44.5 Å². The van der Waals surface area contributed by atoms with Crippen LogP contribution in [0.2, 0.25) is 0 Å². The Morgan fingerprint density at radius 1 is 1.56 bits per heavy atom. The molecule has 1 aliphatic heterocycles. The molecule has 1 rings (SSSR count). The first-order valence-electron chi connectivity index (χ1n) is 6.03. The maximum atomic E-state index is 10.7. The van der Waals surface area contributed by atoms with E-state index in [0.717, 1.165) is 18.7 Å². The highest BCUT2D eigenvalue weighted by Gasteiger charge is 2.32. The average Bonchev–Trinajstić information content (AvgIpc) is 2.58. The maximum Gasteiger partial charge on any atom is 0.207 e. The van der Waals surface area contributed by atoms with E-state index in [1.54, 1.807) is 0 Å². The number of carbonyl (C=O) groups is 1. The second kappa shape index (κ2) is 4.89. The van der Waals surface area contributed by atoms with Crippen LogP contribution in [0.15, 0.2) is 12.3 Å². The summed E-state index contributed by atoms with van der Waals surface area (Å²) < 4.78 is 0. The SMILES string of the molecule is C=C(C(NC=O)C(C)(C)C)N1CCCC1C. The first-order valence-corrected chi connectivity index (χ1v) is 6.03. The van der Waals surface area contributed by atoms with Gasteiger partial charge >= 0.3 is 0 Å². The van der Waals surface area contributed by atoms with Crippen LogP contribution in [-0.2, 0) is 4.79 Å². The van der Waals surface area contributed by atoms with Crippen LogP contribution in [0.25, 0.3) is 0 Å². The minimum atomic E-state index is 0.000301. The molecule has 0 aromatic heterocycles. The lowest BCUT2D eigenvalue weighted by molar-refractivity contribution is -0.110. The Labute approximate surface area is 98.9 Å². The van der Waals surface area contributed by atoms with Gasteiger partial charge in [0.1, 0.15) is 0 Å². The predicted octanol–water partition coefficient (Wildman–Crippen LogP) is 2.15. The third-order valence-corrected chi connectivity index (χ3v) is 3.36. The summed E-state index contributed by atoms with van der Waals surface area (Å²) >= 11 is 0. The lowest BCUT2D eigenvalue weighted by Gasteiger charge is -2.38. The second-order valence-electron chi connectivity index (χ2n) is 5.76. The molecule has 1 amide bonds. The molecule has 0 radical (unpaired) electrons. The largest absolute Gasteiger partial charge is 0.371 e. The van der Waals surface area contributed by atoms with Gasteiger partial charge in [-0.2, -0.15) is 0 Å². The molecule has 3 nitrogen and oxygen atoms in total. The normalized spacial score (nSPS) is 23.0. The quantitative estimate of drug-likeness (QED) is 0.742. The van der Waals surface area contributed by atoms with E-state index in [-0.39, 0.29) is 11.5 Å². The van der Waals surface area contributed by atoms with Gasteiger partial charge < -0.3 is 10.2 Å². The number of hydrogen-bond acceptors (Lipinski definition) is 2. The molecule has 16 heavy (non-hydrogen) atoms. The van der Waals surface area contributed by atoms with Gasteiger partial charge in [0.2, 0.25) is 6.41 Å². The van der Waals surface area contributed by atoms with Crippen LogP contribution in [0.4, 0.5) is 0 Å². The molecule has 1 heterocycles. The van der Waals surface area contributed by atoms with E-state index >= 15 is 0 Å². The van der Waals surface area contributed by atoms with Crippen molar-refractivity contribution in [3.8, 4) is 0 Å². The molecule has 3 heteroatoms. The van der Waals surface area contributed by atoms with E-state index in [9.17, 15) is 4.79 Å². The Bertz CT molecular complexity index is 268. The van der Waals surface area contributed by atoms with Gasteiger partial charge in [-0.15, -0.1) is 0 Å². The van der Waals surface area contributed by atoms with E-state index < -0.39 is 0 Å². The van der Waals surface area contributed by atoms with Crippen molar-refractivity contribution in [3.63, 3.8) is 0 Å². The summed E-state index contributed by atoms with van der Waals surface area (Å²) in [6.45, 7) is 13.8. The fourth-order valence-corrected chi connectivity index (χ4v) is 2.44. The highest BCUT2D eigenvalue weighted by atomic mass is 16.1. The van der Waals surface area contributed by atoms with Crippen LogP contribution in [0.3, 0.4) is 0 Å². The molecule has 1 N–H and O–H groups in total. The third-order valence-electron chi connectivity index (χ3n) is 3.36. The first kappa shape index (κ1) is 13.1. The second-order valence-corrected chi connectivity index (χ2v) is 5.76. The summed E-state index contributed by atoms with van der Waals surface area (Å²) in [6, 6.07) is 0.566. The van der Waals surface area contributed by atoms with Gasteiger partial charge in [-0.25, -0.2) is 0 Å². The zero-order valence-corrected chi connectivity index (χ0v) is 10.9. The number of carbonyl (C=O) groups excluding carboxylic acids is 1. The van der Waals surface area contributed by atoms with Crippen LogP contribution in [0.1, 0.15) is 40.5 Å². The van der Waals surface area contributed by atoms with Crippen molar-refractivity contribution in [1.29, 1.82) is 0 Å². The molecule has 0 bridgehead atoms. The molecule has 2 atom stereocenters. The lowest BCUT2D eigenvalue weighted by Crippen LogP contribution is -2.46. The topological polar surface area (TPSA) is 32.3 Å². The van der Waals surface area contributed by atoms with Crippen molar-refractivity contribution in [2.45, 2.75) is 52.6 Å². The van der Waals surface area contributed by atoms with Crippen LogP contribution in [0.5, 0.6) is 0 Å². The molecular formula is C13H24N2O. The van der Waals surface area contributed by atoms with Crippen molar-refractivity contribution in [2.75, 3.05) is 6.54 Å². The van der Waals surface area contributed by atoms with Crippen molar-refractivity contribution in [3.05, 3.63) is 12.3 Å². The third kappa shape index (κ3) is 2.77. The van der Waals surface area contributed by atoms with E-state index in [1.165, 1.54) is 12.8 Å². The van der Waals surface area contributed by atoms with Crippen molar-refractivity contribution < 1.29 is 4.79 Å². The molecular weight excluding hydrogens is 200 g/mol. The Balaban J connectivity index is 2.78. The molecule has 2 unspecified atom stereocenters. The maximum absolute atomic E-state index is 10.7. The summed E-state index contributed by atoms with van der Waals surface area (Å²) in [7, 11) is 0. The minimum absolute atomic E-state index is 0.000301. The van der Waals surface area contributed by atoms with Gasteiger partial charge in [-0.3, -0.25) is 4.79 Å². The molecule has 0 spiro atoms. The smallest absolute Gasteiger partial charge is 0.207 e. The fourth-order valence-electron chi connectivity index (χ4n) is 2.44. The number of nitrogens with one attached hydrogen (secondary N) is 1. The summed E-state index contributed by atoms with van der Waals surface area (Å²) in [4.78, 5) is 13.0. The Kier molecular flexibility index (Phi) is 4.00. The summed E-state index contributed by atoms with van der Waals surface area (Å²) in [6.07, 6.45) is 3.22. The molecule has 1 aliphatic rings. The molecule has 0 aliphatic carbocycles. The number of amides is 1. The Morgan fingerprint density at radius 3 is 2.56 bits per heavy atom. The van der Waals surface area contributed by atoms with E-state index in [1.807, 2.05) is 0 Å². The number of hydrogen-bond donors (Lipinski definition) is 1. The fraction of sp³-hybridized carbons (Fsp3) is 0.769. The lowest BCUT2D eigenvalue weighted by atomic mass is 9.84. The summed E-state index contributed by atoms with van der Waals surface area (Å²) in [5.74, 6) is 0. The number of likely N-dealkylation sites (tertiary alicyclic amines) is 1. The molecule has 1 saturated heterocycles. The predicted molar refractivity (Wildman–Crippen MR) is 67.0 cm³/mol. The average molecular weight is 224 g/mol. The zero-order valence-electron chi connectivity index (χ0n) is 10.9. The van der Waals surface area contributed by atoms with E-state index in [4.69, 9.17) is 0 Å². The zero-order chi connectivity index (χ0) is 12.3. The highest BCUT2D eigenvalue weighted by Crippen LogP contribution is 2.30. The van der Waals surface area contributed by atoms with Crippen LogP contribution in [-0.4, -0.2) is 29.9 Å². The monoisotopic (exact) mass is 224 g/mol. The summed E-state index contributed by atoms with van der Waals surface area (Å²) in [5, 5.41) is 2.90. The first-order chi connectivity index (χ1) is 7.38. The van der Waals surface area contributed by atoms with Gasteiger partial charge in [0.15, 0.2) is 0 Å². The van der Waals surface area contributed by atoms with Crippen molar-refractivity contribution in [1.82, 2.24) is 10.2 Å². The Morgan fingerprint density at radius 2 is 2.19 bits per heavy atom. The number of rotatable bonds is 4. The van der Waals surface area contributed by atoms with E-state index in [0.29, 0.717) is 6.04 Å². The van der Waals surface area contributed by atoms with Gasteiger partial charge in [-0.05, 0) is 25.2 Å². The molecule has 92 valence electrons. The van der Waals surface area contributed by atoms with Crippen LogP contribution in [0, 0.1) is 5.41 Å². The van der Waals surface area contributed by atoms with Crippen molar-refractivity contribution >= 4 is 6.41 Å². The van der Waals surface area contributed by atoms with Crippen LogP contribution < -0.4 is 5.32 Å². The molecule has 0 saturated carbocycles. The standard InChI is InChI=1S/C13H24N2O/c1-10-7-6-8-15(10)11(2)12(14-9-16)13(3,4)5/h9-10,12H,2,6-8H2,1,3-5H3,(H,14,16). The highest BCUT2D eigenvalue weighted by molar-refractivity contribution is 5.48. The number of nitrogens with zero attached hydrogens (tertiary/aromatic N) is 1. The minimum Gasteiger partial charge on any atom is -0.371 e. The van der Waals surface area contributed by atoms with Gasteiger partial charge in [0.05, 0.1) is 6.04 Å². The van der Waals surface area contributed by atoms with Gasteiger partial charge in [0, 0.05) is 18.3 Å². The van der Waals surface area contributed by atoms with Gasteiger partial charge in [0.25, 0.3) is 0 Å². The Hall–Kier alpha value is -0.990. The molecule has 0 aromatic carbocycles. The molecule has 0 aromatic rings. The van der Waals surface area contributed by atoms with Crippen LogP contribution >= 0.6 is 0 Å². The van der Waals surface area contributed by atoms with Crippen molar-refractivity contribution in [2.24, 2.45) is 5.41 Å². The molecule has 1 fully saturated rings. The summed E-state index contributed by atoms with van der Waals surface area (Å²) in [5.41, 5.74) is 1.05. The van der Waals surface area contributed by atoms with Gasteiger partial charge in [-0.1, -0.05) is 27.4 Å².